The Hall–Kier alpha value is -3.46. The summed E-state index contributed by atoms with van der Waals surface area (Å²) in [6.07, 6.45) is 8.43. The van der Waals surface area contributed by atoms with Crippen molar-refractivity contribution in [1.29, 1.82) is 0 Å². The summed E-state index contributed by atoms with van der Waals surface area (Å²) in [5, 5.41) is 7.14. The summed E-state index contributed by atoms with van der Waals surface area (Å²) in [7, 11) is 0. The number of amides is 2. The molecule has 2 aromatic heterocycles. The number of ether oxygens (including phenoxy) is 1. The monoisotopic (exact) mass is 448 g/mol. The molecule has 2 aliphatic rings. The van der Waals surface area contributed by atoms with Crippen LogP contribution in [-0.4, -0.2) is 49.5 Å². The van der Waals surface area contributed by atoms with Gasteiger partial charge in [0.05, 0.1) is 18.0 Å². The molecule has 172 valence electrons. The lowest BCUT2D eigenvalue weighted by molar-refractivity contribution is 0.0652. The molecule has 0 atom stereocenters. The lowest BCUT2D eigenvalue weighted by Gasteiger charge is -2.33. The average molecular weight is 449 g/mol. The van der Waals surface area contributed by atoms with Crippen molar-refractivity contribution in [3.05, 3.63) is 53.5 Å². The molecular weight excluding hydrogens is 420 g/mol. The average Bonchev–Trinajstić information content (AvgIpc) is 3.36. The molecule has 3 heterocycles. The van der Waals surface area contributed by atoms with E-state index in [1.807, 2.05) is 24.8 Å². The fourth-order valence-electron chi connectivity index (χ4n) is 4.70. The Labute approximate surface area is 191 Å². The van der Waals surface area contributed by atoms with Crippen LogP contribution in [0.25, 0.3) is 5.65 Å². The van der Waals surface area contributed by atoms with E-state index in [0.29, 0.717) is 34.8 Å². The Morgan fingerprint density at radius 3 is 2.79 bits per heavy atom. The highest BCUT2D eigenvalue weighted by Crippen LogP contribution is 2.37. The van der Waals surface area contributed by atoms with Crippen LogP contribution in [0, 0.1) is 0 Å². The summed E-state index contributed by atoms with van der Waals surface area (Å²) in [6.45, 7) is 4.35. The number of anilines is 1. The highest BCUT2D eigenvalue weighted by atomic mass is 16.5. The predicted octanol–water partition coefficient (Wildman–Crippen LogP) is 2.99. The van der Waals surface area contributed by atoms with Crippen molar-refractivity contribution in [2.45, 2.75) is 64.3 Å². The molecule has 1 aliphatic carbocycles. The summed E-state index contributed by atoms with van der Waals surface area (Å²) in [6, 6.07) is 5.79. The molecule has 0 bridgehead atoms. The molecule has 2 amide bonds. The van der Waals surface area contributed by atoms with Gasteiger partial charge in [-0.15, -0.1) is 0 Å². The summed E-state index contributed by atoms with van der Waals surface area (Å²) in [5.41, 5.74) is 8.94. The van der Waals surface area contributed by atoms with E-state index in [1.165, 1.54) is 6.20 Å². The van der Waals surface area contributed by atoms with Crippen molar-refractivity contribution in [2.75, 3.05) is 5.32 Å². The molecule has 3 aromatic rings. The van der Waals surface area contributed by atoms with E-state index in [-0.39, 0.29) is 30.0 Å². The standard InChI is InChI=1S/C24H28N6O3/c1-14(2)33-21-11-18-15(13-29(24(18)32)17-6-4-16(25)5-7-17)10-20(21)28-23(31)19-12-27-30-9-3-8-26-22(19)30/h3,8-12,14,16-17H,4-7,13,25H2,1-2H3,(H,28,31). The highest BCUT2D eigenvalue weighted by Gasteiger charge is 2.35. The summed E-state index contributed by atoms with van der Waals surface area (Å²) in [4.78, 5) is 32.5. The zero-order valence-corrected chi connectivity index (χ0v) is 18.8. The maximum Gasteiger partial charge on any atom is 0.261 e. The number of nitrogens with two attached hydrogens (primary N) is 1. The molecule has 1 fully saturated rings. The zero-order chi connectivity index (χ0) is 23.1. The molecule has 1 aromatic carbocycles. The smallest absolute Gasteiger partial charge is 0.261 e. The number of hydrogen-bond donors (Lipinski definition) is 2. The molecule has 0 radical (unpaired) electrons. The van der Waals surface area contributed by atoms with E-state index in [4.69, 9.17) is 10.5 Å². The fourth-order valence-corrected chi connectivity index (χ4v) is 4.70. The van der Waals surface area contributed by atoms with Crippen molar-refractivity contribution < 1.29 is 14.3 Å². The quantitative estimate of drug-likeness (QED) is 0.620. The van der Waals surface area contributed by atoms with Crippen molar-refractivity contribution >= 4 is 23.1 Å². The highest BCUT2D eigenvalue weighted by molar-refractivity contribution is 6.09. The predicted molar refractivity (Wildman–Crippen MR) is 123 cm³/mol. The van der Waals surface area contributed by atoms with Gasteiger partial charge in [0.2, 0.25) is 0 Å². The topological polar surface area (TPSA) is 115 Å². The van der Waals surface area contributed by atoms with Gasteiger partial charge in [-0.1, -0.05) is 0 Å². The number of carbonyl (C=O) groups excluding carboxylic acids is 2. The second-order valence-corrected chi connectivity index (χ2v) is 9.07. The number of hydrogen-bond acceptors (Lipinski definition) is 6. The van der Waals surface area contributed by atoms with Crippen LogP contribution in [-0.2, 0) is 6.54 Å². The number of nitrogens with one attached hydrogen (secondary N) is 1. The number of benzene rings is 1. The van der Waals surface area contributed by atoms with Gasteiger partial charge in [0.1, 0.15) is 11.3 Å². The second kappa shape index (κ2) is 8.47. The Balaban J connectivity index is 1.44. The number of rotatable bonds is 5. The molecule has 0 spiro atoms. The molecule has 9 heteroatoms. The number of aromatic nitrogens is 3. The van der Waals surface area contributed by atoms with Gasteiger partial charge in [-0.25, -0.2) is 9.50 Å². The molecule has 0 saturated heterocycles. The van der Waals surface area contributed by atoms with Gasteiger partial charge in [0, 0.05) is 36.6 Å². The molecule has 3 N–H and O–H groups in total. The minimum atomic E-state index is -0.334. The van der Waals surface area contributed by atoms with Gasteiger partial charge in [0.25, 0.3) is 11.8 Å². The summed E-state index contributed by atoms with van der Waals surface area (Å²) < 4.78 is 7.53. The van der Waals surface area contributed by atoms with Crippen LogP contribution in [0.1, 0.15) is 65.8 Å². The van der Waals surface area contributed by atoms with E-state index in [9.17, 15) is 9.59 Å². The molecule has 5 rings (SSSR count). The third-order valence-electron chi connectivity index (χ3n) is 6.35. The van der Waals surface area contributed by atoms with Crippen LogP contribution < -0.4 is 15.8 Å². The largest absolute Gasteiger partial charge is 0.489 e. The van der Waals surface area contributed by atoms with Crippen molar-refractivity contribution in [3.63, 3.8) is 0 Å². The van der Waals surface area contributed by atoms with E-state index < -0.39 is 0 Å². The minimum Gasteiger partial charge on any atom is -0.489 e. The molecule has 9 nitrogen and oxygen atoms in total. The molecule has 1 aliphatic heterocycles. The van der Waals surface area contributed by atoms with Crippen LogP contribution in [0.5, 0.6) is 5.75 Å². The molecular formula is C24H28N6O3. The van der Waals surface area contributed by atoms with Crippen molar-refractivity contribution in [3.8, 4) is 5.75 Å². The Morgan fingerprint density at radius 1 is 1.24 bits per heavy atom. The zero-order valence-electron chi connectivity index (χ0n) is 18.8. The third kappa shape index (κ3) is 4.04. The Morgan fingerprint density at radius 2 is 2.03 bits per heavy atom. The van der Waals surface area contributed by atoms with E-state index >= 15 is 0 Å². The first-order valence-corrected chi connectivity index (χ1v) is 11.4. The van der Waals surface area contributed by atoms with Crippen LogP contribution in [0.3, 0.4) is 0 Å². The third-order valence-corrected chi connectivity index (χ3v) is 6.35. The number of carbonyl (C=O) groups is 2. The van der Waals surface area contributed by atoms with Crippen LogP contribution >= 0.6 is 0 Å². The van der Waals surface area contributed by atoms with Gasteiger partial charge in [0.15, 0.2) is 5.65 Å². The number of fused-ring (bicyclic) bond motifs is 2. The summed E-state index contributed by atoms with van der Waals surface area (Å²) in [5.74, 6) is 0.158. The molecule has 0 unspecified atom stereocenters. The lowest BCUT2D eigenvalue weighted by Crippen LogP contribution is -2.40. The maximum atomic E-state index is 13.2. The normalized spacial score (nSPS) is 20.4. The number of nitrogens with zero attached hydrogens (tertiary/aromatic N) is 4. The second-order valence-electron chi connectivity index (χ2n) is 9.07. The molecule has 33 heavy (non-hydrogen) atoms. The van der Waals surface area contributed by atoms with Gasteiger partial charge >= 0.3 is 0 Å². The van der Waals surface area contributed by atoms with Gasteiger partial charge in [-0.2, -0.15) is 5.10 Å². The van der Waals surface area contributed by atoms with E-state index in [1.54, 1.807) is 29.0 Å². The SMILES string of the molecule is CC(C)Oc1cc2c(cc1NC(=O)c1cnn3cccnc13)CN(C1CCC(N)CC1)C2=O. The van der Waals surface area contributed by atoms with Crippen molar-refractivity contribution in [2.24, 2.45) is 5.73 Å². The van der Waals surface area contributed by atoms with Gasteiger partial charge < -0.3 is 20.7 Å². The van der Waals surface area contributed by atoms with E-state index in [0.717, 1.165) is 31.2 Å². The Kier molecular flexibility index (Phi) is 5.49. The van der Waals surface area contributed by atoms with Crippen molar-refractivity contribution in [1.82, 2.24) is 19.5 Å². The van der Waals surface area contributed by atoms with E-state index in [2.05, 4.69) is 15.4 Å². The van der Waals surface area contributed by atoms with Gasteiger partial charge in [-0.3, -0.25) is 9.59 Å². The lowest BCUT2D eigenvalue weighted by atomic mass is 9.91. The van der Waals surface area contributed by atoms with Crippen LogP contribution in [0.15, 0.2) is 36.8 Å². The molecule has 1 saturated carbocycles. The Bertz CT molecular complexity index is 1210. The van der Waals surface area contributed by atoms with Crippen LogP contribution in [0.2, 0.25) is 0 Å². The first kappa shape index (κ1) is 21.4. The minimum absolute atomic E-state index is 0.0174. The maximum absolute atomic E-state index is 13.2. The van der Waals surface area contributed by atoms with Gasteiger partial charge in [-0.05, 0) is 63.3 Å². The first-order chi connectivity index (χ1) is 15.9. The fraction of sp³-hybridized carbons (Fsp3) is 0.417. The summed E-state index contributed by atoms with van der Waals surface area (Å²) >= 11 is 0. The first-order valence-electron chi connectivity index (χ1n) is 11.4. The van der Waals surface area contributed by atoms with Crippen LogP contribution in [0.4, 0.5) is 5.69 Å².